The average Bonchev–Trinajstić information content (AvgIpc) is 2.51. The maximum absolute atomic E-state index is 13.5. The number of anilines is 1. The quantitative estimate of drug-likeness (QED) is 0.845. The van der Waals surface area contributed by atoms with Crippen LogP contribution in [-0.4, -0.2) is 11.2 Å². The SMILES string of the molecule is Cc1ccc(NC(=O)C(C)SC(C)c2ccccc2)cc1F. The lowest BCUT2D eigenvalue weighted by molar-refractivity contribution is -0.115. The average molecular weight is 317 g/mol. The smallest absolute Gasteiger partial charge is 0.237 e. The second-order valence-corrected chi connectivity index (χ2v) is 6.97. The number of carbonyl (C=O) groups excluding carboxylic acids is 1. The first-order chi connectivity index (χ1) is 10.5. The van der Waals surface area contributed by atoms with Gasteiger partial charge in [-0.15, -0.1) is 11.8 Å². The fraction of sp³-hybridized carbons (Fsp3) is 0.278. The third-order valence-electron chi connectivity index (χ3n) is 3.49. The number of hydrogen-bond acceptors (Lipinski definition) is 2. The molecule has 0 radical (unpaired) electrons. The molecule has 0 heterocycles. The Kier molecular flexibility index (Phi) is 5.61. The van der Waals surface area contributed by atoms with E-state index in [0.717, 1.165) is 0 Å². The number of nitrogens with one attached hydrogen (secondary N) is 1. The summed E-state index contributed by atoms with van der Waals surface area (Å²) >= 11 is 1.58. The summed E-state index contributed by atoms with van der Waals surface area (Å²) in [5.74, 6) is -0.424. The van der Waals surface area contributed by atoms with E-state index >= 15 is 0 Å². The van der Waals surface area contributed by atoms with Gasteiger partial charge >= 0.3 is 0 Å². The number of thioether (sulfide) groups is 1. The van der Waals surface area contributed by atoms with Crippen LogP contribution in [0.15, 0.2) is 48.5 Å². The molecule has 0 aliphatic rings. The highest BCUT2D eigenvalue weighted by Gasteiger charge is 2.18. The van der Waals surface area contributed by atoms with Gasteiger partial charge in [0.15, 0.2) is 0 Å². The Bertz CT molecular complexity index is 645. The van der Waals surface area contributed by atoms with Crippen LogP contribution in [0.3, 0.4) is 0 Å². The van der Waals surface area contributed by atoms with Crippen LogP contribution in [0.1, 0.15) is 30.2 Å². The molecule has 0 saturated heterocycles. The third kappa shape index (κ3) is 4.34. The highest BCUT2D eigenvalue weighted by molar-refractivity contribution is 8.00. The van der Waals surface area contributed by atoms with Crippen molar-refractivity contribution in [2.24, 2.45) is 0 Å². The lowest BCUT2D eigenvalue weighted by Crippen LogP contribution is -2.23. The summed E-state index contributed by atoms with van der Waals surface area (Å²) in [7, 11) is 0. The molecule has 2 unspecified atom stereocenters. The number of rotatable bonds is 5. The first-order valence-electron chi connectivity index (χ1n) is 7.25. The standard InChI is InChI=1S/C18H20FNOS/c1-12-9-10-16(11-17(12)19)20-18(21)14(3)22-13(2)15-7-5-4-6-8-15/h4-11,13-14H,1-3H3,(H,20,21). The summed E-state index contributed by atoms with van der Waals surface area (Å²) in [6.45, 7) is 5.64. The highest BCUT2D eigenvalue weighted by Crippen LogP contribution is 2.32. The van der Waals surface area contributed by atoms with E-state index in [0.29, 0.717) is 11.3 Å². The van der Waals surface area contributed by atoms with Crippen LogP contribution in [-0.2, 0) is 4.79 Å². The first-order valence-corrected chi connectivity index (χ1v) is 8.19. The van der Waals surface area contributed by atoms with E-state index in [-0.39, 0.29) is 22.2 Å². The fourth-order valence-electron chi connectivity index (χ4n) is 2.09. The van der Waals surface area contributed by atoms with Gasteiger partial charge in [0, 0.05) is 10.9 Å². The number of halogens is 1. The molecule has 0 spiro atoms. The monoisotopic (exact) mass is 317 g/mol. The van der Waals surface area contributed by atoms with Crippen LogP contribution in [0.4, 0.5) is 10.1 Å². The van der Waals surface area contributed by atoms with Gasteiger partial charge in [-0.2, -0.15) is 0 Å². The maximum Gasteiger partial charge on any atom is 0.237 e. The molecule has 0 saturated carbocycles. The molecular weight excluding hydrogens is 297 g/mol. The fourth-order valence-corrected chi connectivity index (χ4v) is 3.19. The molecule has 1 N–H and O–H groups in total. The Morgan fingerprint density at radius 2 is 1.82 bits per heavy atom. The number of amides is 1. The topological polar surface area (TPSA) is 29.1 Å². The molecule has 0 fully saturated rings. The lowest BCUT2D eigenvalue weighted by atomic mass is 10.2. The van der Waals surface area contributed by atoms with Crippen LogP contribution in [0.5, 0.6) is 0 Å². The van der Waals surface area contributed by atoms with E-state index in [4.69, 9.17) is 0 Å². The Balaban J connectivity index is 1.95. The molecule has 0 bridgehead atoms. The molecule has 1 amide bonds. The molecule has 2 rings (SSSR count). The van der Waals surface area contributed by atoms with Gasteiger partial charge in [0.2, 0.25) is 5.91 Å². The van der Waals surface area contributed by atoms with Crippen molar-refractivity contribution in [3.05, 3.63) is 65.5 Å². The molecule has 0 aliphatic heterocycles. The summed E-state index contributed by atoms with van der Waals surface area (Å²) < 4.78 is 13.5. The zero-order chi connectivity index (χ0) is 16.1. The largest absolute Gasteiger partial charge is 0.325 e. The molecule has 22 heavy (non-hydrogen) atoms. The number of carbonyl (C=O) groups is 1. The molecular formula is C18H20FNOS. The van der Waals surface area contributed by atoms with Gasteiger partial charge in [-0.25, -0.2) is 4.39 Å². The summed E-state index contributed by atoms with van der Waals surface area (Å²) in [5.41, 5.74) is 2.25. The van der Waals surface area contributed by atoms with E-state index in [1.165, 1.54) is 11.6 Å². The Morgan fingerprint density at radius 3 is 2.45 bits per heavy atom. The molecule has 2 nitrogen and oxygen atoms in total. The second-order valence-electron chi connectivity index (χ2n) is 5.28. The van der Waals surface area contributed by atoms with Crippen LogP contribution in [0, 0.1) is 12.7 Å². The summed E-state index contributed by atoms with van der Waals surface area (Å²) in [6.07, 6.45) is 0. The minimum atomic E-state index is -0.309. The van der Waals surface area contributed by atoms with Gasteiger partial charge in [-0.3, -0.25) is 4.79 Å². The predicted octanol–water partition coefficient (Wildman–Crippen LogP) is 4.96. The predicted molar refractivity (Wildman–Crippen MR) is 91.7 cm³/mol. The van der Waals surface area contributed by atoms with E-state index in [9.17, 15) is 9.18 Å². The van der Waals surface area contributed by atoms with E-state index in [2.05, 4.69) is 24.4 Å². The van der Waals surface area contributed by atoms with Gasteiger partial charge < -0.3 is 5.32 Å². The molecule has 116 valence electrons. The minimum Gasteiger partial charge on any atom is -0.325 e. The normalized spacial score (nSPS) is 13.5. The molecule has 0 aromatic heterocycles. The zero-order valence-electron chi connectivity index (χ0n) is 13.0. The Labute approximate surface area is 135 Å². The van der Waals surface area contributed by atoms with Crippen molar-refractivity contribution in [2.45, 2.75) is 31.3 Å². The van der Waals surface area contributed by atoms with Gasteiger partial charge in [0.05, 0.1) is 5.25 Å². The van der Waals surface area contributed by atoms with Crippen molar-refractivity contribution in [2.75, 3.05) is 5.32 Å². The van der Waals surface area contributed by atoms with Crippen LogP contribution >= 0.6 is 11.8 Å². The van der Waals surface area contributed by atoms with Gasteiger partial charge in [-0.1, -0.05) is 36.4 Å². The van der Waals surface area contributed by atoms with E-state index in [1.54, 1.807) is 30.8 Å². The maximum atomic E-state index is 13.5. The third-order valence-corrected chi connectivity index (χ3v) is 4.79. The van der Waals surface area contributed by atoms with Crippen LogP contribution < -0.4 is 5.32 Å². The molecule has 2 atom stereocenters. The summed E-state index contributed by atoms with van der Waals surface area (Å²) in [4.78, 5) is 12.2. The van der Waals surface area contributed by atoms with Gasteiger partial charge in [0.25, 0.3) is 0 Å². The van der Waals surface area contributed by atoms with Crippen molar-refractivity contribution in [1.82, 2.24) is 0 Å². The van der Waals surface area contributed by atoms with Crippen molar-refractivity contribution < 1.29 is 9.18 Å². The minimum absolute atomic E-state index is 0.115. The van der Waals surface area contributed by atoms with Crippen molar-refractivity contribution >= 4 is 23.4 Å². The molecule has 2 aromatic carbocycles. The first kappa shape index (κ1) is 16.6. The van der Waals surface area contributed by atoms with Gasteiger partial charge in [-0.05, 0) is 44.0 Å². The van der Waals surface area contributed by atoms with Gasteiger partial charge in [0.1, 0.15) is 5.82 Å². The number of hydrogen-bond donors (Lipinski definition) is 1. The molecule has 2 aromatic rings. The van der Waals surface area contributed by atoms with Crippen molar-refractivity contribution in [1.29, 1.82) is 0 Å². The lowest BCUT2D eigenvalue weighted by Gasteiger charge is -2.17. The number of aryl methyl sites for hydroxylation is 1. The van der Waals surface area contributed by atoms with E-state index in [1.807, 2.05) is 25.1 Å². The van der Waals surface area contributed by atoms with Crippen molar-refractivity contribution in [3.8, 4) is 0 Å². The van der Waals surface area contributed by atoms with Crippen LogP contribution in [0.2, 0.25) is 0 Å². The number of benzene rings is 2. The Hall–Kier alpha value is -1.81. The molecule has 4 heteroatoms. The van der Waals surface area contributed by atoms with E-state index < -0.39 is 0 Å². The van der Waals surface area contributed by atoms with Crippen LogP contribution in [0.25, 0.3) is 0 Å². The summed E-state index contributed by atoms with van der Waals surface area (Å²) in [5, 5.41) is 2.76. The second kappa shape index (κ2) is 7.45. The zero-order valence-corrected chi connectivity index (χ0v) is 13.8. The van der Waals surface area contributed by atoms with Crippen molar-refractivity contribution in [3.63, 3.8) is 0 Å². The molecule has 0 aliphatic carbocycles. The Morgan fingerprint density at radius 1 is 1.14 bits per heavy atom. The highest BCUT2D eigenvalue weighted by atomic mass is 32.2. The summed E-state index contributed by atoms with van der Waals surface area (Å²) in [6, 6.07) is 14.8.